The molecule has 2 heterocycles. The van der Waals surface area contributed by atoms with Crippen molar-refractivity contribution in [1.82, 2.24) is 10.7 Å². The molecule has 0 saturated carbocycles. The first-order chi connectivity index (χ1) is 15.1. The number of alkyl halides is 3. The van der Waals surface area contributed by atoms with Crippen LogP contribution in [0, 0.1) is 0 Å². The van der Waals surface area contributed by atoms with Crippen molar-refractivity contribution < 1.29 is 32.6 Å². The maximum atomic E-state index is 12.3. The fourth-order valence-corrected chi connectivity index (χ4v) is 4.43. The number of hydrazone groups is 1. The molecule has 0 unspecified atom stereocenters. The van der Waals surface area contributed by atoms with E-state index in [-0.39, 0.29) is 22.3 Å². The van der Waals surface area contributed by atoms with Crippen molar-refractivity contribution in [1.29, 1.82) is 0 Å². The van der Waals surface area contributed by atoms with Gasteiger partial charge in [-0.3, -0.25) is 9.59 Å². The van der Waals surface area contributed by atoms with Gasteiger partial charge in [0.25, 0.3) is 11.8 Å². The van der Waals surface area contributed by atoms with Gasteiger partial charge in [0.1, 0.15) is 11.5 Å². The van der Waals surface area contributed by atoms with E-state index in [4.69, 9.17) is 0 Å². The molecule has 0 aliphatic carbocycles. The van der Waals surface area contributed by atoms with Crippen LogP contribution >= 0.6 is 22.7 Å². The number of thiophene rings is 2. The molecule has 0 atom stereocenters. The number of amides is 2. The van der Waals surface area contributed by atoms with Gasteiger partial charge in [0.05, 0.1) is 25.9 Å². The first-order valence-corrected chi connectivity index (χ1v) is 10.6. The molecule has 2 aromatic heterocycles. The topological polar surface area (TPSA) is 100 Å². The van der Waals surface area contributed by atoms with Crippen molar-refractivity contribution in [3.05, 3.63) is 57.1 Å². The number of hydrogen-bond donors (Lipinski definition) is 3. The van der Waals surface area contributed by atoms with Gasteiger partial charge in [-0.1, -0.05) is 0 Å². The van der Waals surface area contributed by atoms with Crippen LogP contribution in [0.1, 0.15) is 31.8 Å². The number of carbonyl (C=O) groups excluding carboxylic acids is 2. The Labute approximate surface area is 188 Å². The van der Waals surface area contributed by atoms with Crippen molar-refractivity contribution in [2.45, 2.75) is 13.3 Å². The van der Waals surface area contributed by atoms with E-state index in [1.165, 1.54) is 42.6 Å². The Balaban J connectivity index is 1.72. The molecule has 0 fully saturated rings. The second-order valence-corrected chi connectivity index (χ2v) is 8.24. The molecule has 168 valence electrons. The quantitative estimate of drug-likeness (QED) is 0.353. The zero-order chi connectivity index (χ0) is 23.5. The summed E-state index contributed by atoms with van der Waals surface area (Å²) >= 11 is 2.18. The lowest BCUT2D eigenvalue weighted by atomic mass is 10.1. The van der Waals surface area contributed by atoms with Crippen molar-refractivity contribution in [3.8, 4) is 21.9 Å². The second kappa shape index (κ2) is 9.40. The fourth-order valence-electron chi connectivity index (χ4n) is 2.58. The molecule has 0 saturated heterocycles. The van der Waals surface area contributed by atoms with Gasteiger partial charge >= 0.3 is 6.36 Å². The third-order valence-corrected chi connectivity index (χ3v) is 6.21. The van der Waals surface area contributed by atoms with Gasteiger partial charge in [-0.25, -0.2) is 5.43 Å². The molecule has 32 heavy (non-hydrogen) atoms. The summed E-state index contributed by atoms with van der Waals surface area (Å²) in [5.41, 5.74) is 3.54. The minimum Gasteiger partial charge on any atom is -0.506 e. The van der Waals surface area contributed by atoms with Gasteiger partial charge in [-0.05, 0) is 48.9 Å². The summed E-state index contributed by atoms with van der Waals surface area (Å²) in [6, 6.07) is 8.11. The lowest BCUT2D eigenvalue weighted by Crippen LogP contribution is -2.18. The minimum absolute atomic E-state index is 0.118. The Bertz CT molecular complexity index is 1170. The van der Waals surface area contributed by atoms with E-state index >= 15 is 0 Å². The average molecular weight is 483 g/mol. The fraction of sp³-hybridized carbons (Fsp3) is 0.150. The van der Waals surface area contributed by atoms with Crippen molar-refractivity contribution in [3.63, 3.8) is 0 Å². The lowest BCUT2D eigenvalue weighted by molar-refractivity contribution is -0.274. The van der Waals surface area contributed by atoms with E-state index in [0.29, 0.717) is 26.6 Å². The number of rotatable bonds is 6. The molecule has 3 rings (SSSR count). The summed E-state index contributed by atoms with van der Waals surface area (Å²) in [6.07, 6.45) is -4.79. The van der Waals surface area contributed by atoms with Crippen LogP contribution in [0.25, 0.3) is 10.4 Å². The number of nitrogens with zero attached hydrogens (tertiary/aromatic N) is 1. The van der Waals surface area contributed by atoms with Gasteiger partial charge in [-0.2, -0.15) is 5.10 Å². The summed E-state index contributed by atoms with van der Waals surface area (Å²) < 4.78 is 40.7. The molecule has 3 aromatic rings. The summed E-state index contributed by atoms with van der Waals surface area (Å²) in [7, 11) is 1.49. The van der Waals surface area contributed by atoms with Gasteiger partial charge in [0.2, 0.25) is 0 Å². The van der Waals surface area contributed by atoms with Gasteiger partial charge < -0.3 is 15.2 Å². The van der Waals surface area contributed by atoms with Crippen LogP contribution in [-0.4, -0.2) is 36.0 Å². The van der Waals surface area contributed by atoms with E-state index in [1.54, 1.807) is 12.3 Å². The number of ether oxygens (including phenoxy) is 1. The molecule has 0 radical (unpaired) electrons. The largest absolute Gasteiger partial charge is 0.573 e. The zero-order valence-corrected chi connectivity index (χ0v) is 18.2. The van der Waals surface area contributed by atoms with Crippen molar-refractivity contribution in [2.24, 2.45) is 5.10 Å². The maximum Gasteiger partial charge on any atom is 0.573 e. The first kappa shape index (κ1) is 23.3. The van der Waals surface area contributed by atoms with Crippen LogP contribution < -0.4 is 15.5 Å². The van der Waals surface area contributed by atoms with Crippen LogP contribution in [0.5, 0.6) is 11.5 Å². The van der Waals surface area contributed by atoms with E-state index in [1.807, 2.05) is 0 Å². The smallest absolute Gasteiger partial charge is 0.506 e. The van der Waals surface area contributed by atoms with E-state index in [0.717, 1.165) is 23.5 Å². The summed E-state index contributed by atoms with van der Waals surface area (Å²) in [5.74, 6) is -1.30. The molecule has 3 N–H and O–H groups in total. The number of halogens is 3. The highest BCUT2D eigenvalue weighted by Gasteiger charge is 2.31. The maximum absolute atomic E-state index is 12.3. The average Bonchev–Trinajstić information content (AvgIpc) is 3.38. The molecule has 1 aromatic carbocycles. The van der Waals surface area contributed by atoms with Gasteiger partial charge in [0.15, 0.2) is 0 Å². The molecule has 7 nitrogen and oxygen atoms in total. The SMILES string of the molecule is CNC(=O)c1ccc(C(=O)NN=C(C)c2csc(-c3ccc(OC(F)(F)F)cc3)c2O)s1. The Morgan fingerprint density at radius 3 is 2.28 bits per heavy atom. The summed E-state index contributed by atoms with van der Waals surface area (Å²) in [6.45, 7) is 1.58. The first-order valence-electron chi connectivity index (χ1n) is 8.92. The molecular formula is C20H16F3N3O4S2. The molecule has 0 aliphatic heterocycles. The number of aromatic hydroxyl groups is 1. The van der Waals surface area contributed by atoms with Crippen molar-refractivity contribution >= 4 is 40.2 Å². The number of hydrogen-bond acceptors (Lipinski definition) is 7. The predicted octanol–water partition coefficient (Wildman–Crippen LogP) is 4.59. The molecule has 12 heteroatoms. The predicted molar refractivity (Wildman–Crippen MR) is 115 cm³/mol. The Kier molecular flexibility index (Phi) is 6.84. The zero-order valence-electron chi connectivity index (χ0n) is 16.6. The molecular weight excluding hydrogens is 467 g/mol. The minimum atomic E-state index is -4.79. The van der Waals surface area contributed by atoms with E-state index < -0.39 is 12.3 Å². The molecule has 0 bridgehead atoms. The highest BCUT2D eigenvalue weighted by molar-refractivity contribution is 7.16. The van der Waals surface area contributed by atoms with Crippen LogP contribution in [0.4, 0.5) is 13.2 Å². The van der Waals surface area contributed by atoms with E-state index in [9.17, 15) is 27.9 Å². The van der Waals surface area contributed by atoms with Crippen LogP contribution in [0.15, 0.2) is 46.9 Å². The highest BCUT2D eigenvalue weighted by atomic mass is 32.1. The van der Waals surface area contributed by atoms with Crippen LogP contribution in [0.2, 0.25) is 0 Å². The molecule has 0 aliphatic rings. The van der Waals surface area contributed by atoms with Crippen molar-refractivity contribution in [2.75, 3.05) is 7.05 Å². The summed E-state index contributed by atoms with van der Waals surface area (Å²) in [4.78, 5) is 24.9. The normalized spacial score (nSPS) is 11.8. The van der Waals surface area contributed by atoms with Crippen LogP contribution in [0.3, 0.4) is 0 Å². The molecule has 0 spiro atoms. The summed E-state index contributed by atoms with van der Waals surface area (Å²) in [5, 5.41) is 18.6. The third-order valence-electron chi connectivity index (χ3n) is 4.11. The Morgan fingerprint density at radius 2 is 1.69 bits per heavy atom. The standard InChI is InChI=1S/C20H16F3N3O4S2/c1-10(25-26-19(29)15-8-7-14(32-15)18(28)24-2)13-9-31-17(16(13)27)11-3-5-12(6-4-11)30-20(21,22)23/h3-9,27H,1-2H3,(H,24,28)(H,26,29). The van der Waals surface area contributed by atoms with Gasteiger partial charge in [-0.15, -0.1) is 35.8 Å². The highest BCUT2D eigenvalue weighted by Crippen LogP contribution is 2.39. The van der Waals surface area contributed by atoms with Crippen LogP contribution in [-0.2, 0) is 0 Å². The lowest BCUT2D eigenvalue weighted by Gasteiger charge is -2.09. The molecule has 2 amide bonds. The monoisotopic (exact) mass is 483 g/mol. The third kappa shape index (κ3) is 5.45. The number of benzene rings is 1. The van der Waals surface area contributed by atoms with Gasteiger partial charge in [0, 0.05) is 12.4 Å². The second-order valence-electron chi connectivity index (χ2n) is 6.28. The number of nitrogens with one attached hydrogen (secondary N) is 2. The van der Waals surface area contributed by atoms with E-state index in [2.05, 4.69) is 20.6 Å². The number of carbonyl (C=O) groups is 2. The Morgan fingerprint density at radius 1 is 1.06 bits per heavy atom. The Hall–Kier alpha value is -3.38.